The molecule has 0 spiro atoms. The summed E-state index contributed by atoms with van der Waals surface area (Å²) in [6, 6.07) is 2.71. The number of likely N-dealkylation sites (tertiary alicyclic amines) is 1. The van der Waals surface area contributed by atoms with Crippen LogP contribution in [-0.2, 0) is 0 Å². The third kappa shape index (κ3) is 4.51. The van der Waals surface area contributed by atoms with Crippen molar-refractivity contribution in [3.8, 4) is 6.07 Å². The molecule has 0 aromatic heterocycles. The molecule has 0 amide bonds. The number of nitrogens with one attached hydrogen (secondary N) is 1. The zero-order chi connectivity index (χ0) is 12.1. The molecule has 0 radical (unpaired) electrons. The maximum Gasteiger partial charge on any atom is 0.108 e. The van der Waals surface area contributed by atoms with Gasteiger partial charge < -0.3 is 4.90 Å². The molecule has 0 aromatic rings. The summed E-state index contributed by atoms with van der Waals surface area (Å²) < 4.78 is 0. The van der Waals surface area contributed by atoms with Crippen LogP contribution in [0.5, 0.6) is 0 Å². The van der Waals surface area contributed by atoms with E-state index < -0.39 is 0 Å². The first-order valence-electron chi connectivity index (χ1n) is 6.39. The van der Waals surface area contributed by atoms with Crippen LogP contribution in [0.3, 0.4) is 0 Å². The molecule has 1 rings (SSSR count). The number of rotatable bonds is 4. The van der Waals surface area contributed by atoms with Crippen LogP contribution in [0.2, 0.25) is 0 Å². The second-order valence-electron chi connectivity index (χ2n) is 5.67. The quantitative estimate of drug-likeness (QED) is 0.790. The maximum atomic E-state index is 9.10. The zero-order valence-electron chi connectivity index (χ0n) is 11.0. The van der Waals surface area contributed by atoms with E-state index in [4.69, 9.17) is 5.26 Å². The lowest BCUT2D eigenvalue weighted by Crippen LogP contribution is -2.47. The summed E-state index contributed by atoms with van der Waals surface area (Å²) in [5.41, 5.74) is 0. The van der Waals surface area contributed by atoms with Crippen LogP contribution in [0.4, 0.5) is 0 Å². The normalized spacial score (nSPS) is 29.0. The second-order valence-corrected chi connectivity index (χ2v) is 5.67. The molecule has 0 aromatic carbocycles. The van der Waals surface area contributed by atoms with Crippen LogP contribution in [0.25, 0.3) is 0 Å². The fourth-order valence-electron chi connectivity index (χ4n) is 2.73. The Hall–Kier alpha value is -0.590. The van der Waals surface area contributed by atoms with Crippen LogP contribution in [-0.4, -0.2) is 36.6 Å². The molecule has 1 aliphatic rings. The molecule has 0 aliphatic carbocycles. The first-order valence-corrected chi connectivity index (χ1v) is 6.39. The van der Waals surface area contributed by atoms with Crippen LogP contribution in [0.15, 0.2) is 0 Å². The molecule has 3 unspecified atom stereocenters. The van der Waals surface area contributed by atoms with Gasteiger partial charge in [-0.25, -0.2) is 0 Å². The van der Waals surface area contributed by atoms with Gasteiger partial charge in [0.1, 0.15) is 6.04 Å². The van der Waals surface area contributed by atoms with Crippen molar-refractivity contribution >= 4 is 0 Å². The molecule has 1 fully saturated rings. The summed E-state index contributed by atoms with van der Waals surface area (Å²) >= 11 is 0. The Morgan fingerprint density at radius 1 is 1.31 bits per heavy atom. The van der Waals surface area contributed by atoms with Crippen LogP contribution < -0.4 is 5.32 Å². The van der Waals surface area contributed by atoms with Crippen LogP contribution in [0.1, 0.15) is 34.1 Å². The molecule has 1 saturated heterocycles. The molecule has 92 valence electrons. The first-order chi connectivity index (χ1) is 7.51. The second kappa shape index (κ2) is 6.22. The third-order valence-electron chi connectivity index (χ3n) is 3.08. The van der Waals surface area contributed by atoms with Gasteiger partial charge in [0.05, 0.1) is 6.07 Å². The molecule has 3 nitrogen and oxygen atoms in total. The Morgan fingerprint density at radius 2 is 1.88 bits per heavy atom. The zero-order valence-corrected chi connectivity index (χ0v) is 11.0. The largest absolute Gasteiger partial charge is 0.300 e. The molecule has 3 atom stereocenters. The minimum absolute atomic E-state index is 0.0301. The highest BCUT2D eigenvalue weighted by Crippen LogP contribution is 2.20. The van der Waals surface area contributed by atoms with E-state index in [0.29, 0.717) is 6.04 Å². The number of hydrogen-bond acceptors (Lipinski definition) is 3. The topological polar surface area (TPSA) is 39.1 Å². The highest BCUT2D eigenvalue weighted by molar-refractivity contribution is 4.94. The summed E-state index contributed by atoms with van der Waals surface area (Å²) in [6.07, 6.45) is 1.32. The number of hydrogen-bond donors (Lipinski definition) is 1. The molecule has 0 saturated carbocycles. The van der Waals surface area contributed by atoms with Gasteiger partial charge in [0, 0.05) is 25.7 Å². The standard InChI is InChI=1S/C13H25N3/c1-10(2)15-13(6-14)9-16-7-11(3)5-12(4)8-16/h10-13,15H,5,7-9H2,1-4H3. The number of nitrogens with zero attached hydrogens (tertiary/aromatic N) is 2. The molecule has 0 bridgehead atoms. The fourth-order valence-corrected chi connectivity index (χ4v) is 2.73. The minimum atomic E-state index is -0.0301. The van der Waals surface area contributed by atoms with Crippen LogP contribution >= 0.6 is 0 Å². The van der Waals surface area contributed by atoms with E-state index in [2.05, 4.69) is 44.0 Å². The summed E-state index contributed by atoms with van der Waals surface area (Å²) in [5, 5.41) is 12.4. The van der Waals surface area contributed by atoms with Crippen molar-refractivity contribution in [3.05, 3.63) is 0 Å². The molecular weight excluding hydrogens is 198 g/mol. The molecule has 1 N–H and O–H groups in total. The van der Waals surface area contributed by atoms with Gasteiger partial charge in [-0.3, -0.25) is 5.32 Å². The Labute approximate surface area is 99.8 Å². The maximum absolute atomic E-state index is 9.10. The van der Waals surface area contributed by atoms with Crippen LogP contribution in [0, 0.1) is 23.2 Å². The van der Waals surface area contributed by atoms with E-state index in [0.717, 1.165) is 31.5 Å². The summed E-state index contributed by atoms with van der Waals surface area (Å²) in [5.74, 6) is 1.53. The van der Waals surface area contributed by atoms with E-state index in [-0.39, 0.29) is 6.04 Å². The van der Waals surface area contributed by atoms with Crippen molar-refractivity contribution in [1.82, 2.24) is 10.2 Å². The lowest BCUT2D eigenvalue weighted by Gasteiger charge is -2.36. The predicted molar refractivity (Wildman–Crippen MR) is 67.1 cm³/mol. The number of nitriles is 1. The van der Waals surface area contributed by atoms with Crippen molar-refractivity contribution in [2.75, 3.05) is 19.6 Å². The predicted octanol–water partition coefficient (Wildman–Crippen LogP) is 1.85. The van der Waals surface area contributed by atoms with Crippen molar-refractivity contribution in [3.63, 3.8) is 0 Å². The monoisotopic (exact) mass is 223 g/mol. The van der Waals surface area contributed by atoms with Gasteiger partial charge in [0.15, 0.2) is 0 Å². The molecule has 1 aliphatic heterocycles. The molecular formula is C13H25N3. The van der Waals surface area contributed by atoms with Gasteiger partial charge in [-0.15, -0.1) is 0 Å². The lowest BCUT2D eigenvalue weighted by atomic mass is 9.91. The summed E-state index contributed by atoms with van der Waals surface area (Å²) in [6.45, 7) is 11.9. The van der Waals surface area contributed by atoms with Gasteiger partial charge in [0.25, 0.3) is 0 Å². The van der Waals surface area contributed by atoms with Crippen molar-refractivity contribution in [2.45, 2.75) is 46.2 Å². The van der Waals surface area contributed by atoms with Crippen molar-refractivity contribution in [1.29, 1.82) is 5.26 Å². The first kappa shape index (κ1) is 13.5. The lowest BCUT2D eigenvalue weighted by molar-refractivity contribution is 0.134. The van der Waals surface area contributed by atoms with Gasteiger partial charge in [0.2, 0.25) is 0 Å². The number of piperidine rings is 1. The van der Waals surface area contributed by atoms with E-state index in [1.54, 1.807) is 0 Å². The Kier molecular flexibility index (Phi) is 5.24. The molecule has 3 heteroatoms. The Morgan fingerprint density at radius 3 is 2.31 bits per heavy atom. The SMILES string of the molecule is CC1CC(C)CN(CC(C#N)NC(C)C)C1. The van der Waals surface area contributed by atoms with Gasteiger partial charge in [-0.05, 0) is 32.1 Å². The van der Waals surface area contributed by atoms with Gasteiger partial charge >= 0.3 is 0 Å². The van der Waals surface area contributed by atoms with E-state index in [1.165, 1.54) is 6.42 Å². The highest BCUT2D eigenvalue weighted by atomic mass is 15.2. The van der Waals surface area contributed by atoms with E-state index in [9.17, 15) is 0 Å². The van der Waals surface area contributed by atoms with E-state index in [1.807, 2.05) is 0 Å². The van der Waals surface area contributed by atoms with Gasteiger partial charge in [-0.2, -0.15) is 5.26 Å². The molecule has 16 heavy (non-hydrogen) atoms. The average molecular weight is 223 g/mol. The fraction of sp³-hybridized carbons (Fsp3) is 0.923. The van der Waals surface area contributed by atoms with E-state index >= 15 is 0 Å². The highest BCUT2D eigenvalue weighted by Gasteiger charge is 2.23. The average Bonchev–Trinajstić information content (AvgIpc) is 2.14. The Bertz CT molecular complexity index is 234. The van der Waals surface area contributed by atoms with Gasteiger partial charge in [-0.1, -0.05) is 13.8 Å². The minimum Gasteiger partial charge on any atom is -0.300 e. The van der Waals surface area contributed by atoms with Crippen molar-refractivity contribution in [2.24, 2.45) is 11.8 Å². The Balaban J connectivity index is 2.42. The third-order valence-corrected chi connectivity index (χ3v) is 3.08. The van der Waals surface area contributed by atoms with Crippen molar-refractivity contribution < 1.29 is 0 Å². The smallest absolute Gasteiger partial charge is 0.108 e. The summed E-state index contributed by atoms with van der Waals surface area (Å²) in [4.78, 5) is 2.43. The molecule has 1 heterocycles. The summed E-state index contributed by atoms with van der Waals surface area (Å²) in [7, 11) is 0.